The van der Waals surface area contributed by atoms with E-state index in [4.69, 9.17) is 16.2 Å². The summed E-state index contributed by atoms with van der Waals surface area (Å²) in [7, 11) is 1.37. The largest absolute Gasteiger partial charge is 0.494 e. The molecule has 2 aromatic rings. The molecule has 0 spiro atoms. The van der Waals surface area contributed by atoms with Gasteiger partial charge in [-0.15, -0.1) is 0 Å². The van der Waals surface area contributed by atoms with E-state index in [2.05, 4.69) is 25.7 Å². The van der Waals surface area contributed by atoms with Crippen LogP contribution in [0.15, 0.2) is 16.9 Å². The van der Waals surface area contributed by atoms with E-state index < -0.39 is 6.61 Å². The zero-order chi connectivity index (χ0) is 15.7. The monoisotopic (exact) mass is 362 g/mol. The third kappa shape index (κ3) is 2.87. The zero-order valence-corrected chi connectivity index (χ0v) is 12.8. The van der Waals surface area contributed by atoms with Crippen LogP contribution in [0.1, 0.15) is 5.69 Å². The summed E-state index contributed by atoms with van der Waals surface area (Å²) < 4.78 is 36.2. The van der Waals surface area contributed by atoms with Crippen molar-refractivity contribution in [1.29, 1.82) is 0 Å². The molecule has 6 nitrogen and oxygen atoms in total. The topological polar surface area (TPSA) is 88.3 Å². The van der Waals surface area contributed by atoms with E-state index in [0.29, 0.717) is 21.9 Å². The number of hydrogen-bond donors (Lipinski definition) is 2. The molecule has 0 saturated heterocycles. The molecule has 114 valence electrons. The molecule has 0 radical (unpaired) electrons. The van der Waals surface area contributed by atoms with Crippen LogP contribution in [0.4, 0.5) is 20.3 Å². The second-order valence-electron chi connectivity index (χ2n) is 4.12. The Morgan fingerprint density at radius 1 is 1.33 bits per heavy atom. The number of hydrogen-bond acceptors (Lipinski definition) is 5. The van der Waals surface area contributed by atoms with Crippen LogP contribution >= 0.6 is 15.9 Å². The molecule has 0 aliphatic carbocycles. The Bertz CT molecular complexity index is 676. The summed E-state index contributed by atoms with van der Waals surface area (Å²) in [6.45, 7) is -1.25. The number of nitrogen functional groups attached to an aromatic ring is 2. The highest BCUT2D eigenvalue weighted by molar-refractivity contribution is 9.10. The molecule has 0 unspecified atom stereocenters. The lowest BCUT2D eigenvalue weighted by Crippen LogP contribution is -2.08. The lowest BCUT2D eigenvalue weighted by Gasteiger charge is -2.15. The number of alkyl halides is 2. The van der Waals surface area contributed by atoms with E-state index in [1.165, 1.54) is 23.8 Å². The third-order valence-corrected chi connectivity index (χ3v) is 3.37. The number of ether oxygens (including phenoxy) is 2. The van der Waals surface area contributed by atoms with Crippen molar-refractivity contribution < 1.29 is 18.3 Å². The van der Waals surface area contributed by atoms with E-state index in [-0.39, 0.29) is 17.2 Å². The van der Waals surface area contributed by atoms with Crippen LogP contribution in [0.3, 0.4) is 0 Å². The van der Waals surface area contributed by atoms with Gasteiger partial charge in [-0.25, -0.2) is 4.98 Å². The molecule has 9 heteroatoms. The molecular weight excluding hydrogens is 350 g/mol. The molecule has 4 N–H and O–H groups in total. The summed E-state index contributed by atoms with van der Waals surface area (Å²) in [6, 6.07) is 2.62. The molecule has 21 heavy (non-hydrogen) atoms. The highest BCUT2D eigenvalue weighted by Crippen LogP contribution is 2.37. The minimum atomic E-state index is -2.96. The quantitative estimate of drug-likeness (QED) is 0.816. The maximum Gasteiger partial charge on any atom is 0.387 e. The van der Waals surface area contributed by atoms with Crippen molar-refractivity contribution in [2.45, 2.75) is 13.5 Å². The Kier molecular flexibility index (Phi) is 4.21. The first-order valence-corrected chi connectivity index (χ1v) is 6.57. The van der Waals surface area contributed by atoms with Crippen LogP contribution in [-0.4, -0.2) is 23.3 Å². The molecule has 0 bridgehead atoms. The molecule has 0 fully saturated rings. The highest BCUT2D eigenvalue weighted by atomic mass is 79.9. The van der Waals surface area contributed by atoms with Crippen molar-refractivity contribution in [3.8, 4) is 17.2 Å². The minimum absolute atomic E-state index is 0.0938. The van der Waals surface area contributed by atoms with Gasteiger partial charge in [0.15, 0.2) is 4.73 Å². The van der Waals surface area contributed by atoms with Crippen molar-refractivity contribution >= 4 is 27.4 Å². The number of nitrogens with zero attached hydrogens (tertiary/aromatic N) is 2. The number of nitrogens with two attached hydrogens (primary N) is 2. The van der Waals surface area contributed by atoms with Gasteiger partial charge in [-0.2, -0.15) is 8.78 Å². The standard InChI is InChI=1S/C12H13BrF2N4O2/c1-5-10(17)19(11(13)18-5)7-3-6(21-12(14)15)4-8(20-2)9(7)16/h3-4,12H,16-17H2,1-2H3. The molecule has 0 aliphatic rings. The average molecular weight is 363 g/mol. The van der Waals surface area contributed by atoms with Gasteiger partial charge in [0.1, 0.15) is 17.3 Å². The predicted octanol–water partition coefficient (Wildman–Crippen LogP) is 2.72. The number of rotatable bonds is 4. The van der Waals surface area contributed by atoms with E-state index in [9.17, 15) is 8.78 Å². The number of imidazole rings is 1. The van der Waals surface area contributed by atoms with Gasteiger partial charge in [0.05, 0.1) is 24.2 Å². The van der Waals surface area contributed by atoms with Crippen molar-refractivity contribution in [2.75, 3.05) is 18.6 Å². The van der Waals surface area contributed by atoms with E-state index >= 15 is 0 Å². The summed E-state index contributed by atoms with van der Waals surface area (Å²) in [4.78, 5) is 4.14. The maximum absolute atomic E-state index is 12.4. The van der Waals surface area contributed by atoms with Gasteiger partial charge < -0.3 is 20.9 Å². The minimum Gasteiger partial charge on any atom is -0.494 e. The molecule has 1 aromatic carbocycles. The highest BCUT2D eigenvalue weighted by Gasteiger charge is 2.19. The molecule has 1 aromatic heterocycles. The Labute approximate surface area is 127 Å². The van der Waals surface area contributed by atoms with Crippen molar-refractivity contribution in [2.24, 2.45) is 0 Å². The van der Waals surface area contributed by atoms with E-state index in [1.807, 2.05) is 0 Å². The number of halogens is 3. The fourth-order valence-electron chi connectivity index (χ4n) is 1.85. The molecule has 1 heterocycles. The number of methoxy groups -OCH3 is 1. The van der Waals surface area contributed by atoms with Gasteiger partial charge in [-0.1, -0.05) is 0 Å². The second kappa shape index (κ2) is 5.76. The number of benzene rings is 1. The molecule has 0 saturated carbocycles. The second-order valence-corrected chi connectivity index (χ2v) is 4.83. The van der Waals surface area contributed by atoms with E-state index in [1.54, 1.807) is 6.92 Å². The Morgan fingerprint density at radius 3 is 2.48 bits per heavy atom. The zero-order valence-electron chi connectivity index (χ0n) is 11.2. The summed E-state index contributed by atoms with van der Waals surface area (Å²) in [5.41, 5.74) is 13.0. The molecular formula is C12H13BrF2N4O2. The van der Waals surface area contributed by atoms with Crippen LogP contribution in [0.2, 0.25) is 0 Å². The fraction of sp³-hybridized carbons (Fsp3) is 0.250. The molecule has 0 atom stereocenters. The van der Waals surface area contributed by atoms with Gasteiger partial charge in [-0.05, 0) is 22.9 Å². The first kappa shape index (κ1) is 15.4. The van der Waals surface area contributed by atoms with Crippen molar-refractivity contribution in [3.63, 3.8) is 0 Å². The Morgan fingerprint density at radius 2 is 2.00 bits per heavy atom. The van der Waals surface area contributed by atoms with Gasteiger partial charge in [0.25, 0.3) is 0 Å². The van der Waals surface area contributed by atoms with Crippen LogP contribution in [0.5, 0.6) is 11.5 Å². The van der Waals surface area contributed by atoms with E-state index in [0.717, 1.165) is 0 Å². The number of anilines is 2. The average Bonchev–Trinajstić information content (AvgIpc) is 2.65. The lowest BCUT2D eigenvalue weighted by molar-refractivity contribution is -0.0499. The first-order valence-electron chi connectivity index (χ1n) is 5.78. The van der Waals surface area contributed by atoms with Gasteiger partial charge in [-0.3, -0.25) is 4.57 Å². The molecule has 0 aliphatic heterocycles. The fourth-order valence-corrected chi connectivity index (χ4v) is 2.50. The predicted molar refractivity (Wildman–Crippen MR) is 78.0 cm³/mol. The smallest absolute Gasteiger partial charge is 0.387 e. The SMILES string of the molecule is COc1cc(OC(F)F)cc(-n2c(Br)nc(C)c2N)c1N. The van der Waals surface area contributed by atoms with Crippen molar-refractivity contribution in [1.82, 2.24) is 9.55 Å². The molecule has 2 rings (SSSR count). The number of aryl methyl sites for hydroxylation is 1. The summed E-state index contributed by atoms with van der Waals surface area (Å²) in [5, 5.41) is 0. The van der Waals surface area contributed by atoms with Crippen LogP contribution < -0.4 is 20.9 Å². The van der Waals surface area contributed by atoms with Gasteiger partial charge in [0, 0.05) is 12.1 Å². The Balaban J connectivity index is 2.66. The van der Waals surface area contributed by atoms with Crippen LogP contribution in [0.25, 0.3) is 5.69 Å². The lowest BCUT2D eigenvalue weighted by atomic mass is 10.2. The van der Waals surface area contributed by atoms with Crippen LogP contribution in [-0.2, 0) is 0 Å². The third-order valence-electron chi connectivity index (χ3n) is 2.84. The summed E-state index contributed by atoms with van der Waals surface area (Å²) >= 11 is 3.25. The molecule has 0 amide bonds. The number of aromatic nitrogens is 2. The maximum atomic E-state index is 12.4. The van der Waals surface area contributed by atoms with Gasteiger partial charge >= 0.3 is 6.61 Å². The first-order chi connectivity index (χ1) is 9.85. The Hall–Kier alpha value is -2.03. The summed E-state index contributed by atoms with van der Waals surface area (Å²) in [5.74, 6) is 0.425. The summed E-state index contributed by atoms with van der Waals surface area (Å²) in [6.07, 6.45) is 0. The van der Waals surface area contributed by atoms with Crippen molar-refractivity contribution in [3.05, 3.63) is 22.6 Å². The van der Waals surface area contributed by atoms with Crippen LogP contribution in [0, 0.1) is 6.92 Å². The van der Waals surface area contributed by atoms with Gasteiger partial charge in [0.2, 0.25) is 0 Å². The normalized spacial score (nSPS) is 11.0.